The molecule has 0 spiro atoms. The van der Waals surface area contributed by atoms with Gasteiger partial charge in [-0.2, -0.15) is 11.8 Å². The second kappa shape index (κ2) is 11.0. The summed E-state index contributed by atoms with van der Waals surface area (Å²) in [6, 6.07) is 3.38. The third-order valence-corrected chi connectivity index (χ3v) is 4.91. The summed E-state index contributed by atoms with van der Waals surface area (Å²) in [5.74, 6) is -0.355. The number of hydrogen-bond acceptors (Lipinski definition) is 4. The van der Waals surface area contributed by atoms with E-state index in [9.17, 15) is 13.6 Å². The Morgan fingerprint density at radius 1 is 1.44 bits per heavy atom. The van der Waals surface area contributed by atoms with Crippen LogP contribution in [0, 0.1) is 11.6 Å². The van der Waals surface area contributed by atoms with Gasteiger partial charge in [0.1, 0.15) is 11.6 Å². The maximum absolute atomic E-state index is 13.8. The Labute approximate surface area is 158 Å². The van der Waals surface area contributed by atoms with Crippen molar-refractivity contribution in [3.05, 3.63) is 35.4 Å². The number of carbonyl (C=O) groups is 1. The molecule has 3 N–H and O–H groups in total. The third kappa shape index (κ3) is 6.73. The number of likely N-dealkylation sites (tertiary alicyclic amines) is 1. The Morgan fingerprint density at radius 3 is 2.76 bits per heavy atom. The number of benzene rings is 1. The number of nitrogens with one attached hydrogen (secondary N) is 1. The number of halogens is 3. The maximum atomic E-state index is 13.8. The largest absolute Gasteiger partial charge is 0.351 e. The summed E-state index contributed by atoms with van der Waals surface area (Å²) in [5.41, 5.74) is 5.96. The van der Waals surface area contributed by atoms with Crippen molar-refractivity contribution in [1.82, 2.24) is 10.2 Å². The fourth-order valence-corrected chi connectivity index (χ4v) is 3.40. The van der Waals surface area contributed by atoms with E-state index < -0.39 is 17.7 Å². The lowest BCUT2D eigenvalue weighted by Crippen LogP contribution is -2.51. The molecule has 0 aromatic heterocycles. The molecule has 1 aromatic carbocycles. The predicted molar refractivity (Wildman–Crippen MR) is 101 cm³/mol. The Bertz CT molecular complexity index is 544. The molecule has 8 heteroatoms. The van der Waals surface area contributed by atoms with Crippen LogP contribution < -0.4 is 11.1 Å². The average Bonchev–Trinajstić information content (AvgIpc) is 2.56. The van der Waals surface area contributed by atoms with Crippen LogP contribution in [0.25, 0.3) is 0 Å². The van der Waals surface area contributed by atoms with E-state index in [2.05, 4.69) is 5.32 Å². The van der Waals surface area contributed by atoms with Gasteiger partial charge in [-0.3, -0.25) is 9.69 Å². The molecule has 1 fully saturated rings. The normalized spacial score (nSPS) is 19.1. The first-order chi connectivity index (χ1) is 11.5. The SMILES string of the molecule is CSCC[C@H](N)C(=O)NC1CCCN(Cc2c(F)cccc2F)C1.Cl. The highest BCUT2D eigenvalue weighted by molar-refractivity contribution is 7.98. The number of nitrogens with two attached hydrogens (primary N) is 1. The molecule has 1 heterocycles. The number of carbonyl (C=O) groups excluding carboxylic acids is 1. The van der Waals surface area contributed by atoms with Gasteiger partial charge in [0.25, 0.3) is 0 Å². The minimum atomic E-state index is -0.528. The van der Waals surface area contributed by atoms with E-state index in [1.165, 1.54) is 18.2 Å². The lowest BCUT2D eigenvalue weighted by Gasteiger charge is -2.33. The number of thioether (sulfide) groups is 1. The molecule has 25 heavy (non-hydrogen) atoms. The highest BCUT2D eigenvalue weighted by Gasteiger charge is 2.24. The number of amides is 1. The zero-order chi connectivity index (χ0) is 17.5. The van der Waals surface area contributed by atoms with Crippen molar-refractivity contribution in [1.29, 1.82) is 0 Å². The standard InChI is InChI=1S/C17H25F2N3OS.ClH/c1-24-9-7-16(20)17(23)21-12-4-3-8-22(10-12)11-13-14(18)5-2-6-15(13)19;/h2,5-6,12,16H,3-4,7-11,20H2,1H3,(H,21,23);1H/t12?,16-;/m0./s1. The van der Waals surface area contributed by atoms with Crippen LogP contribution in [0.3, 0.4) is 0 Å². The molecular weight excluding hydrogens is 368 g/mol. The first-order valence-corrected chi connectivity index (χ1v) is 9.60. The summed E-state index contributed by atoms with van der Waals surface area (Å²) in [7, 11) is 0. The van der Waals surface area contributed by atoms with Gasteiger partial charge in [-0.25, -0.2) is 8.78 Å². The Balaban J connectivity index is 0.00000312. The molecule has 0 saturated carbocycles. The summed E-state index contributed by atoms with van der Waals surface area (Å²) in [5, 5.41) is 2.97. The monoisotopic (exact) mass is 393 g/mol. The zero-order valence-electron chi connectivity index (χ0n) is 14.3. The Kier molecular flexibility index (Phi) is 9.71. The lowest BCUT2D eigenvalue weighted by molar-refractivity contribution is -0.123. The minimum Gasteiger partial charge on any atom is -0.351 e. The van der Waals surface area contributed by atoms with Crippen LogP contribution in [0.5, 0.6) is 0 Å². The van der Waals surface area contributed by atoms with E-state index in [1.54, 1.807) is 11.8 Å². The van der Waals surface area contributed by atoms with Gasteiger partial charge in [0.2, 0.25) is 5.91 Å². The van der Waals surface area contributed by atoms with Crippen molar-refractivity contribution in [2.24, 2.45) is 5.73 Å². The molecule has 0 radical (unpaired) electrons. The molecule has 1 saturated heterocycles. The highest BCUT2D eigenvalue weighted by atomic mass is 35.5. The second-order valence-electron chi connectivity index (χ2n) is 6.17. The second-order valence-corrected chi connectivity index (χ2v) is 7.16. The van der Waals surface area contributed by atoms with Gasteiger partial charge in [-0.05, 0) is 49.9 Å². The molecule has 1 aliphatic heterocycles. The van der Waals surface area contributed by atoms with Crippen molar-refractivity contribution >= 4 is 30.1 Å². The summed E-state index contributed by atoms with van der Waals surface area (Å²) >= 11 is 1.66. The number of nitrogens with zero attached hydrogens (tertiary/aromatic N) is 1. The molecule has 0 aliphatic carbocycles. The van der Waals surface area contributed by atoms with Crippen molar-refractivity contribution < 1.29 is 13.6 Å². The van der Waals surface area contributed by atoms with E-state index in [0.717, 1.165) is 25.1 Å². The molecule has 1 unspecified atom stereocenters. The maximum Gasteiger partial charge on any atom is 0.237 e. The number of hydrogen-bond donors (Lipinski definition) is 2. The van der Waals surface area contributed by atoms with Gasteiger partial charge in [0.05, 0.1) is 6.04 Å². The molecule has 2 rings (SSSR count). The van der Waals surface area contributed by atoms with Crippen LogP contribution in [0.15, 0.2) is 18.2 Å². The quantitative estimate of drug-likeness (QED) is 0.747. The summed E-state index contributed by atoms with van der Waals surface area (Å²) < 4.78 is 27.6. The van der Waals surface area contributed by atoms with Crippen LogP contribution in [0.4, 0.5) is 8.78 Å². The molecule has 142 valence electrons. The lowest BCUT2D eigenvalue weighted by atomic mass is 10.0. The average molecular weight is 394 g/mol. The summed E-state index contributed by atoms with van der Waals surface area (Å²) in [6.45, 7) is 1.55. The number of rotatable bonds is 7. The fourth-order valence-electron chi connectivity index (χ4n) is 2.91. The van der Waals surface area contributed by atoms with E-state index in [-0.39, 0.29) is 36.5 Å². The van der Waals surface area contributed by atoms with Crippen LogP contribution in [-0.4, -0.2) is 48.0 Å². The Morgan fingerprint density at radius 2 is 2.12 bits per heavy atom. The molecule has 1 aromatic rings. The summed E-state index contributed by atoms with van der Waals surface area (Å²) in [6.07, 6.45) is 4.35. The first-order valence-electron chi connectivity index (χ1n) is 8.21. The number of piperidine rings is 1. The molecule has 1 amide bonds. The van der Waals surface area contributed by atoms with Gasteiger partial charge >= 0.3 is 0 Å². The van der Waals surface area contributed by atoms with Crippen LogP contribution in [0.2, 0.25) is 0 Å². The van der Waals surface area contributed by atoms with E-state index >= 15 is 0 Å². The molecular formula is C17H26ClF2N3OS. The van der Waals surface area contributed by atoms with E-state index in [1.807, 2.05) is 11.2 Å². The predicted octanol–water partition coefficient (Wildman–Crippen LogP) is 2.55. The highest BCUT2D eigenvalue weighted by Crippen LogP contribution is 2.18. The van der Waals surface area contributed by atoms with E-state index in [0.29, 0.717) is 13.0 Å². The van der Waals surface area contributed by atoms with Gasteiger partial charge in [0.15, 0.2) is 0 Å². The molecule has 2 atom stereocenters. The first kappa shape index (κ1) is 22.2. The smallest absolute Gasteiger partial charge is 0.237 e. The van der Waals surface area contributed by atoms with Gasteiger partial charge in [-0.15, -0.1) is 12.4 Å². The van der Waals surface area contributed by atoms with Gasteiger partial charge < -0.3 is 11.1 Å². The topological polar surface area (TPSA) is 58.4 Å². The molecule has 0 bridgehead atoms. The van der Waals surface area contributed by atoms with Gasteiger partial charge in [-0.1, -0.05) is 6.07 Å². The zero-order valence-corrected chi connectivity index (χ0v) is 16.0. The van der Waals surface area contributed by atoms with Crippen molar-refractivity contribution in [2.45, 2.75) is 37.9 Å². The van der Waals surface area contributed by atoms with Crippen molar-refractivity contribution in [3.8, 4) is 0 Å². The van der Waals surface area contributed by atoms with Gasteiger partial charge in [0, 0.05) is 24.7 Å². The summed E-state index contributed by atoms with van der Waals surface area (Å²) in [4.78, 5) is 14.1. The van der Waals surface area contributed by atoms with E-state index in [4.69, 9.17) is 5.73 Å². The Hall–Kier alpha value is -0.890. The minimum absolute atomic E-state index is 0. The van der Waals surface area contributed by atoms with Crippen LogP contribution in [-0.2, 0) is 11.3 Å². The fraction of sp³-hybridized carbons (Fsp3) is 0.588. The third-order valence-electron chi connectivity index (χ3n) is 4.27. The molecule has 1 aliphatic rings. The van der Waals surface area contributed by atoms with Crippen molar-refractivity contribution in [3.63, 3.8) is 0 Å². The van der Waals surface area contributed by atoms with Crippen LogP contribution in [0.1, 0.15) is 24.8 Å². The van der Waals surface area contributed by atoms with Crippen molar-refractivity contribution in [2.75, 3.05) is 25.1 Å². The molecule has 4 nitrogen and oxygen atoms in total. The van der Waals surface area contributed by atoms with Crippen LogP contribution >= 0.6 is 24.2 Å².